The Hall–Kier alpha value is -1.88. The van der Waals surface area contributed by atoms with Crippen molar-refractivity contribution in [3.63, 3.8) is 0 Å². The van der Waals surface area contributed by atoms with E-state index in [1.165, 1.54) is 0 Å². The zero-order valence-electron chi connectivity index (χ0n) is 12.9. The summed E-state index contributed by atoms with van der Waals surface area (Å²) >= 11 is 0. The number of morpholine rings is 1. The Morgan fingerprint density at radius 1 is 1.41 bits per heavy atom. The summed E-state index contributed by atoms with van der Waals surface area (Å²) in [6.07, 6.45) is 1.74. The average molecular weight is 302 g/mol. The van der Waals surface area contributed by atoms with Crippen LogP contribution in [0.15, 0.2) is 24.3 Å². The minimum absolute atomic E-state index is 0.0292. The van der Waals surface area contributed by atoms with Crippen molar-refractivity contribution in [3.05, 3.63) is 29.8 Å². The van der Waals surface area contributed by atoms with E-state index in [4.69, 9.17) is 4.74 Å². The normalized spacial score (nSPS) is 24.6. The van der Waals surface area contributed by atoms with Crippen molar-refractivity contribution in [2.24, 2.45) is 5.92 Å². The van der Waals surface area contributed by atoms with Crippen LogP contribution in [0, 0.1) is 5.92 Å². The van der Waals surface area contributed by atoms with E-state index in [0.29, 0.717) is 39.0 Å². The third-order valence-corrected chi connectivity index (χ3v) is 4.51. The molecule has 1 N–H and O–H groups in total. The molecule has 0 radical (unpaired) electrons. The van der Waals surface area contributed by atoms with Crippen LogP contribution in [0.4, 0.5) is 5.69 Å². The molecule has 0 spiro atoms. The van der Waals surface area contributed by atoms with Gasteiger partial charge in [-0.3, -0.25) is 9.59 Å². The first-order valence-electron chi connectivity index (χ1n) is 7.91. The molecule has 5 nitrogen and oxygen atoms in total. The number of anilines is 1. The first-order chi connectivity index (χ1) is 10.6. The van der Waals surface area contributed by atoms with E-state index < -0.39 is 0 Å². The van der Waals surface area contributed by atoms with Gasteiger partial charge in [0.15, 0.2) is 0 Å². The third-order valence-electron chi connectivity index (χ3n) is 4.51. The Morgan fingerprint density at radius 2 is 2.23 bits per heavy atom. The van der Waals surface area contributed by atoms with Gasteiger partial charge in [0.1, 0.15) is 0 Å². The van der Waals surface area contributed by atoms with Gasteiger partial charge >= 0.3 is 0 Å². The zero-order chi connectivity index (χ0) is 15.5. The number of nitrogens with one attached hydrogen (secondary N) is 1. The van der Waals surface area contributed by atoms with Crippen molar-refractivity contribution in [3.8, 4) is 0 Å². The van der Waals surface area contributed by atoms with Crippen LogP contribution in [-0.4, -0.2) is 42.5 Å². The van der Waals surface area contributed by atoms with Gasteiger partial charge in [-0.05, 0) is 31.4 Å². The molecule has 3 rings (SSSR count). The molecule has 1 aromatic rings. The van der Waals surface area contributed by atoms with E-state index in [-0.39, 0.29) is 23.8 Å². The molecule has 2 atom stereocenters. The molecule has 1 fully saturated rings. The van der Waals surface area contributed by atoms with Gasteiger partial charge in [0.05, 0.1) is 19.3 Å². The monoisotopic (exact) mass is 302 g/mol. The van der Waals surface area contributed by atoms with Gasteiger partial charge in [0.2, 0.25) is 11.8 Å². The van der Waals surface area contributed by atoms with Crippen molar-refractivity contribution < 1.29 is 14.3 Å². The third kappa shape index (κ3) is 3.14. The van der Waals surface area contributed by atoms with Gasteiger partial charge in [0, 0.05) is 24.6 Å². The summed E-state index contributed by atoms with van der Waals surface area (Å²) in [6.45, 7) is 3.86. The van der Waals surface area contributed by atoms with Gasteiger partial charge < -0.3 is 15.0 Å². The Labute approximate surface area is 130 Å². The largest absolute Gasteiger partial charge is 0.377 e. The number of nitrogens with zero attached hydrogens (tertiary/aromatic N) is 1. The number of carbonyl (C=O) groups excluding carboxylic acids is 2. The van der Waals surface area contributed by atoms with Gasteiger partial charge in [0.25, 0.3) is 0 Å². The lowest BCUT2D eigenvalue weighted by Gasteiger charge is -2.34. The zero-order valence-corrected chi connectivity index (χ0v) is 12.9. The fraction of sp³-hybridized carbons (Fsp3) is 0.529. The second kappa shape index (κ2) is 6.48. The van der Waals surface area contributed by atoms with E-state index >= 15 is 0 Å². The predicted molar refractivity (Wildman–Crippen MR) is 83.5 cm³/mol. The van der Waals surface area contributed by atoms with Gasteiger partial charge in [-0.15, -0.1) is 0 Å². The number of carbonyl (C=O) groups is 2. The number of hydrogen-bond acceptors (Lipinski definition) is 3. The van der Waals surface area contributed by atoms with Crippen LogP contribution in [-0.2, 0) is 20.7 Å². The number of hydrogen-bond donors (Lipinski definition) is 1. The molecule has 118 valence electrons. The molecule has 0 aromatic heterocycles. The van der Waals surface area contributed by atoms with Crippen LogP contribution in [0.25, 0.3) is 0 Å². The first-order valence-corrected chi connectivity index (χ1v) is 7.91. The maximum atomic E-state index is 12.3. The van der Waals surface area contributed by atoms with Gasteiger partial charge in [-0.25, -0.2) is 0 Å². The molecule has 0 unspecified atom stereocenters. The molecule has 1 aromatic carbocycles. The van der Waals surface area contributed by atoms with E-state index in [1.807, 2.05) is 36.1 Å². The molecule has 2 amide bonds. The minimum atomic E-state index is -0.116. The maximum Gasteiger partial charge on any atom is 0.227 e. The number of para-hydroxylation sites is 1. The number of amides is 2. The van der Waals surface area contributed by atoms with E-state index in [9.17, 15) is 9.59 Å². The first kappa shape index (κ1) is 15.0. The molecular formula is C17H22N2O3. The summed E-state index contributed by atoms with van der Waals surface area (Å²) in [7, 11) is 0. The second-order valence-corrected chi connectivity index (χ2v) is 6.10. The number of ether oxygens (including phenoxy) is 1. The van der Waals surface area contributed by atoms with Crippen LogP contribution in [0.5, 0.6) is 0 Å². The summed E-state index contributed by atoms with van der Waals surface area (Å²) in [5.41, 5.74) is 2.05. The SMILES string of the molecule is C[C@@H]1COCCN1C(=O)CC[C@H]1Cc2ccccc2NC1=O. The summed E-state index contributed by atoms with van der Waals surface area (Å²) in [4.78, 5) is 26.4. The molecule has 2 aliphatic rings. The lowest BCUT2D eigenvalue weighted by molar-refractivity contribution is -0.139. The van der Waals surface area contributed by atoms with Crippen molar-refractivity contribution in [1.82, 2.24) is 4.90 Å². The van der Waals surface area contributed by atoms with E-state index in [0.717, 1.165) is 11.3 Å². The number of rotatable bonds is 3. The summed E-state index contributed by atoms with van der Waals surface area (Å²) < 4.78 is 5.35. The smallest absolute Gasteiger partial charge is 0.227 e. The molecule has 1 saturated heterocycles. The standard InChI is InChI=1S/C17H22N2O3/c1-12-11-22-9-8-19(12)16(20)7-6-14-10-13-4-2-3-5-15(13)18-17(14)21/h2-5,12,14H,6-11H2,1H3,(H,18,21)/t12-,14+/m1/s1. The van der Waals surface area contributed by atoms with Crippen LogP contribution < -0.4 is 5.32 Å². The Bertz CT molecular complexity index is 573. The summed E-state index contributed by atoms with van der Waals surface area (Å²) in [5.74, 6) is 0.0409. The van der Waals surface area contributed by atoms with Crippen molar-refractivity contribution in [2.75, 3.05) is 25.1 Å². The molecule has 2 heterocycles. The van der Waals surface area contributed by atoms with Crippen LogP contribution in [0.3, 0.4) is 0 Å². The fourth-order valence-corrected chi connectivity index (χ4v) is 3.19. The van der Waals surface area contributed by atoms with Gasteiger partial charge in [-0.2, -0.15) is 0 Å². The van der Waals surface area contributed by atoms with E-state index in [1.54, 1.807) is 0 Å². The minimum Gasteiger partial charge on any atom is -0.377 e. The lowest BCUT2D eigenvalue weighted by Crippen LogP contribution is -2.47. The topological polar surface area (TPSA) is 58.6 Å². The summed E-state index contributed by atoms with van der Waals surface area (Å²) in [5, 5.41) is 2.94. The van der Waals surface area contributed by atoms with Crippen LogP contribution >= 0.6 is 0 Å². The molecule has 22 heavy (non-hydrogen) atoms. The average Bonchev–Trinajstić information content (AvgIpc) is 2.53. The number of fused-ring (bicyclic) bond motifs is 1. The highest BCUT2D eigenvalue weighted by Crippen LogP contribution is 2.27. The molecule has 0 aliphatic carbocycles. The highest BCUT2D eigenvalue weighted by atomic mass is 16.5. The van der Waals surface area contributed by atoms with Crippen LogP contribution in [0.2, 0.25) is 0 Å². The number of benzene rings is 1. The lowest BCUT2D eigenvalue weighted by atomic mass is 9.89. The quantitative estimate of drug-likeness (QED) is 0.926. The van der Waals surface area contributed by atoms with Gasteiger partial charge in [-0.1, -0.05) is 18.2 Å². The molecule has 0 bridgehead atoms. The second-order valence-electron chi connectivity index (χ2n) is 6.10. The highest BCUT2D eigenvalue weighted by molar-refractivity contribution is 5.96. The van der Waals surface area contributed by atoms with Crippen molar-refractivity contribution in [2.45, 2.75) is 32.2 Å². The van der Waals surface area contributed by atoms with E-state index in [2.05, 4.69) is 5.32 Å². The maximum absolute atomic E-state index is 12.3. The summed E-state index contributed by atoms with van der Waals surface area (Å²) in [6, 6.07) is 7.98. The van der Waals surface area contributed by atoms with Crippen LogP contribution in [0.1, 0.15) is 25.3 Å². The predicted octanol–water partition coefficient (Wildman–Crippen LogP) is 1.82. The molecule has 2 aliphatic heterocycles. The Kier molecular flexibility index (Phi) is 4.43. The Morgan fingerprint density at radius 3 is 3.05 bits per heavy atom. The Balaban J connectivity index is 1.57. The fourth-order valence-electron chi connectivity index (χ4n) is 3.19. The molecule has 0 saturated carbocycles. The molecule has 5 heteroatoms. The van der Waals surface area contributed by atoms with Crippen molar-refractivity contribution >= 4 is 17.5 Å². The highest BCUT2D eigenvalue weighted by Gasteiger charge is 2.28. The van der Waals surface area contributed by atoms with Crippen molar-refractivity contribution in [1.29, 1.82) is 0 Å². The molecular weight excluding hydrogens is 280 g/mol.